The zero-order valence-electron chi connectivity index (χ0n) is 10.4. The second-order valence-electron chi connectivity index (χ2n) is 4.84. The van der Waals surface area contributed by atoms with Crippen LogP contribution in [0.4, 0.5) is 0 Å². The molecule has 0 spiro atoms. The highest BCUT2D eigenvalue weighted by Crippen LogP contribution is 2.22. The van der Waals surface area contributed by atoms with E-state index in [2.05, 4.69) is 29.6 Å². The van der Waals surface area contributed by atoms with Crippen molar-refractivity contribution in [1.29, 1.82) is 0 Å². The summed E-state index contributed by atoms with van der Waals surface area (Å²) >= 11 is 0. The normalized spacial score (nSPS) is 14.8. The monoisotopic (exact) mass is 229 g/mol. The molecule has 0 aliphatic heterocycles. The second-order valence-corrected chi connectivity index (χ2v) is 4.84. The SMILES string of the molecule is CNCC(C)(O)Cc1cccc2ccccc12. The van der Waals surface area contributed by atoms with Crippen LogP contribution in [0, 0.1) is 0 Å². The van der Waals surface area contributed by atoms with Crippen LogP contribution in [0.25, 0.3) is 10.8 Å². The van der Waals surface area contributed by atoms with E-state index in [4.69, 9.17) is 0 Å². The second kappa shape index (κ2) is 4.86. The molecule has 0 aliphatic rings. The molecule has 0 radical (unpaired) electrons. The minimum absolute atomic E-state index is 0.593. The van der Waals surface area contributed by atoms with E-state index < -0.39 is 5.60 Å². The molecule has 2 heteroatoms. The summed E-state index contributed by atoms with van der Waals surface area (Å²) in [7, 11) is 1.86. The summed E-state index contributed by atoms with van der Waals surface area (Å²) in [5, 5.41) is 15.7. The van der Waals surface area contributed by atoms with Crippen LogP contribution >= 0.6 is 0 Å². The van der Waals surface area contributed by atoms with Crippen LogP contribution in [0.3, 0.4) is 0 Å². The number of aliphatic hydroxyl groups is 1. The highest BCUT2D eigenvalue weighted by molar-refractivity contribution is 5.85. The first-order valence-electron chi connectivity index (χ1n) is 5.96. The molecular weight excluding hydrogens is 210 g/mol. The summed E-state index contributed by atoms with van der Waals surface area (Å²) in [5.74, 6) is 0. The molecule has 0 fully saturated rings. The first kappa shape index (κ1) is 12.1. The van der Waals surface area contributed by atoms with E-state index in [0.29, 0.717) is 13.0 Å². The molecule has 1 unspecified atom stereocenters. The molecule has 2 N–H and O–H groups in total. The molecule has 2 rings (SSSR count). The number of benzene rings is 2. The summed E-state index contributed by atoms with van der Waals surface area (Å²) in [6.07, 6.45) is 0.662. The fourth-order valence-corrected chi connectivity index (χ4v) is 2.30. The summed E-state index contributed by atoms with van der Waals surface area (Å²) in [4.78, 5) is 0. The van der Waals surface area contributed by atoms with Gasteiger partial charge in [-0.05, 0) is 30.3 Å². The average molecular weight is 229 g/mol. The van der Waals surface area contributed by atoms with Crippen molar-refractivity contribution < 1.29 is 5.11 Å². The Morgan fingerprint density at radius 1 is 1.12 bits per heavy atom. The lowest BCUT2D eigenvalue weighted by molar-refractivity contribution is 0.0626. The first-order valence-corrected chi connectivity index (χ1v) is 5.96. The van der Waals surface area contributed by atoms with Gasteiger partial charge in [-0.25, -0.2) is 0 Å². The quantitative estimate of drug-likeness (QED) is 0.843. The molecule has 0 bridgehead atoms. The third kappa shape index (κ3) is 2.84. The Morgan fingerprint density at radius 2 is 1.82 bits per heavy atom. The molecule has 2 aromatic rings. The fourth-order valence-electron chi connectivity index (χ4n) is 2.30. The van der Waals surface area contributed by atoms with Crippen molar-refractivity contribution in [3.63, 3.8) is 0 Å². The van der Waals surface area contributed by atoms with E-state index in [-0.39, 0.29) is 0 Å². The lowest BCUT2D eigenvalue weighted by atomic mass is 9.93. The smallest absolute Gasteiger partial charge is 0.0783 e. The van der Waals surface area contributed by atoms with Crippen molar-refractivity contribution >= 4 is 10.8 Å². The Balaban J connectivity index is 2.36. The molecule has 0 heterocycles. The lowest BCUT2D eigenvalue weighted by Gasteiger charge is -2.23. The summed E-state index contributed by atoms with van der Waals surface area (Å²) in [6, 6.07) is 14.5. The van der Waals surface area contributed by atoms with Crippen molar-refractivity contribution in [1.82, 2.24) is 5.32 Å². The predicted molar refractivity (Wildman–Crippen MR) is 72.2 cm³/mol. The average Bonchev–Trinajstić information content (AvgIpc) is 2.29. The number of hydrogen-bond acceptors (Lipinski definition) is 2. The molecule has 90 valence electrons. The highest BCUT2D eigenvalue weighted by Gasteiger charge is 2.20. The Bertz CT molecular complexity index is 500. The number of rotatable bonds is 4. The van der Waals surface area contributed by atoms with E-state index in [1.165, 1.54) is 16.3 Å². The third-order valence-electron chi connectivity index (χ3n) is 3.01. The van der Waals surface area contributed by atoms with Gasteiger partial charge in [0.05, 0.1) is 5.60 Å². The van der Waals surface area contributed by atoms with Gasteiger partial charge in [0, 0.05) is 13.0 Å². The molecule has 17 heavy (non-hydrogen) atoms. The maximum atomic E-state index is 10.3. The van der Waals surface area contributed by atoms with E-state index in [9.17, 15) is 5.11 Å². The largest absolute Gasteiger partial charge is 0.389 e. The first-order chi connectivity index (χ1) is 8.12. The minimum atomic E-state index is -0.709. The van der Waals surface area contributed by atoms with Gasteiger partial charge in [0.15, 0.2) is 0 Å². The predicted octanol–water partition coefficient (Wildman–Crippen LogP) is 2.35. The van der Waals surface area contributed by atoms with Crippen LogP contribution < -0.4 is 5.32 Å². The van der Waals surface area contributed by atoms with Crippen molar-refractivity contribution in [2.45, 2.75) is 18.9 Å². The van der Waals surface area contributed by atoms with Crippen LogP contribution in [0.2, 0.25) is 0 Å². The van der Waals surface area contributed by atoms with Gasteiger partial charge in [-0.1, -0.05) is 42.5 Å². The molecule has 1 atom stereocenters. The number of hydrogen-bond donors (Lipinski definition) is 2. The van der Waals surface area contributed by atoms with Gasteiger partial charge in [-0.3, -0.25) is 0 Å². The van der Waals surface area contributed by atoms with Crippen molar-refractivity contribution in [3.05, 3.63) is 48.0 Å². The number of fused-ring (bicyclic) bond motifs is 1. The number of nitrogens with one attached hydrogen (secondary N) is 1. The molecular formula is C15H19NO. The van der Waals surface area contributed by atoms with Crippen molar-refractivity contribution in [3.8, 4) is 0 Å². The Hall–Kier alpha value is -1.38. The maximum absolute atomic E-state index is 10.3. The third-order valence-corrected chi connectivity index (χ3v) is 3.01. The molecule has 0 saturated heterocycles. The van der Waals surface area contributed by atoms with Crippen LogP contribution in [-0.4, -0.2) is 24.3 Å². The fraction of sp³-hybridized carbons (Fsp3) is 0.333. The number of likely N-dealkylation sites (N-methyl/N-ethyl adjacent to an activating group) is 1. The summed E-state index contributed by atoms with van der Waals surface area (Å²) in [6.45, 7) is 2.46. The van der Waals surface area contributed by atoms with Crippen molar-refractivity contribution in [2.75, 3.05) is 13.6 Å². The molecule has 0 saturated carbocycles. The zero-order valence-corrected chi connectivity index (χ0v) is 10.4. The van der Waals surface area contributed by atoms with Gasteiger partial charge >= 0.3 is 0 Å². The van der Waals surface area contributed by atoms with Gasteiger partial charge in [0.25, 0.3) is 0 Å². The van der Waals surface area contributed by atoms with E-state index in [0.717, 1.165) is 0 Å². The lowest BCUT2D eigenvalue weighted by Crippen LogP contribution is -2.38. The van der Waals surface area contributed by atoms with E-state index in [1.807, 2.05) is 32.2 Å². The van der Waals surface area contributed by atoms with E-state index in [1.54, 1.807) is 0 Å². The van der Waals surface area contributed by atoms with Crippen molar-refractivity contribution in [2.24, 2.45) is 0 Å². The molecule has 0 aromatic heterocycles. The highest BCUT2D eigenvalue weighted by atomic mass is 16.3. The van der Waals surface area contributed by atoms with Gasteiger partial charge in [-0.15, -0.1) is 0 Å². The van der Waals surface area contributed by atoms with Crippen LogP contribution in [0.5, 0.6) is 0 Å². The van der Waals surface area contributed by atoms with Gasteiger partial charge in [0.1, 0.15) is 0 Å². The molecule has 0 amide bonds. The van der Waals surface area contributed by atoms with Gasteiger partial charge < -0.3 is 10.4 Å². The Kier molecular flexibility index (Phi) is 3.46. The van der Waals surface area contributed by atoms with Crippen LogP contribution in [0.1, 0.15) is 12.5 Å². The van der Waals surface area contributed by atoms with Gasteiger partial charge in [-0.2, -0.15) is 0 Å². The maximum Gasteiger partial charge on any atom is 0.0783 e. The summed E-state index contributed by atoms with van der Waals surface area (Å²) < 4.78 is 0. The van der Waals surface area contributed by atoms with Gasteiger partial charge in [0.2, 0.25) is 0 Å². The zero-order chi connectivity index (χ0) is 12.3. The van der Waals surface area contributed by atoms with E-state index >= 15 is 0 Å². The minimum Gasteiger partial charge on any atom is -0.389 e. The Morgan fingerprint density at radius 3 is 2.59 bits per heavy atom. The van der Waals surface area contributed by atoms with Crippen LogP contribution in [-0.2, 0) is 6.42 Å². The standard InChI is InChI=1S/C15H19NO/c1-15(17,11-16-2)10-13-8-5-7-12-6-3-4-9-14(12)13/h3-9,16-17H,10-11H2,1-2H3. The summed E-state index contributed by atoms with van der Waals surface area (Å²) in [5.41, 5.74) is 0.488. The topological polar surface area (TPSA) is 32.3 Å². The Labute approximate surface area is 102 Å². The molecule has 2 aromatic carbocycles. The molecule has 2 nitrogen and oxygen atoms in total. The molecule has 0 aliphatic carbocycles. The van der Waals surface area contributed by atoms with Crippen LogP contribution in [0.15, 0.2) is 42.5 Å².